The molecule has 0 aromatic heterocycles. The zero-order chi connectivity index (χ0) is 31.9. The van der Waals surface area contributed by atoms with Crippen LogP contribution in [0.4, 0.5) is 0 Å². The van der Waals surface area contributed by atoms with E-state index < -0.39 is 66.6 Å². The van der Waals surface area contributed by atoms with Gasteiger partial charge in [0.15, 0.2) is 12.1 Å². The first-order valence-electron chi connectivity index (χ1n) is 17.3. The normalized spacial score (nSPS) is 44.5. The number of nitrogens with one attached hydrogen (secondary N) is 1. The van der Waals surface area contributed by atoms with Crippen molar-refractivity contribution in [2.24, 2.45) is 41.2 Å². The zero-order valence-corrected chi connectivity index (χ0v) is 26.1. The van der Waals surface area contributed by atoms with E-state index in [1.165, 1.54) is 19.3 Å². The van der Waals surface area contributed by atoms with Crippen LogP contribution in [0.2, 0.25) is 0 Å². The van der Waals surface area contributed by atoms with Crippen LogP contribution in [0.25, 0.3) is 0 Å². The van der Waals surface area contributed by atoms with Gasteiger partial charge in [-0.3, -0.25) is 9.59 Å². The van der Waals surface area contributed by atoms with Crippen LogP contribution in [0, 0.1) is 35.5 Å². The molecule has 45 heavy (non-hydrogen) atoms. The highest BCUT2D eigenvalue weighted by molar-refractivity contribution is 6.02. The van der Waals surface area contributed by atoms with Crippen LogP contribution in [0.3, 0.4) is 0 Å². The molecule has 8 N–H and O–H groups in total. The van der Waals surface area contributed by atoms with E-state index in [-0.39, 0.29) is 35.8 Å². The number of nitrogens with two attached hydrogens (primary N) is 1. The third-order valence-electron chi connectivity index (χ3n) is 11.8. The van der Waals surface area contributed by atoms with E-state index in [0.717, 1.165) is 37.8 Å². The summed E-state index contributed by atoms with van der Waals surface area (Å²) in [5.74, 6) is -2.75. The number of hydrogen-bond donors (Lipinski definition) is 7. The molecule has 5 fully saturated rings. The fourth-order valence-corrected chi connectivity index (χ4v) is 9.23. The molecule has 0 spiro atoms. The average Bonchev–Trinajstić information content (AvgIpc) is 3.03. The Kier molecular flexibility index (Phi) is 10.2. The molecule has 252 valence electrons. The summed E-state index contributed by atoms with van der Waals surface area (Å²) in [7, 11) is 0. The van der Waals surface area contributed by atoms with Crippen molar-refractivity contribution in [2.45, 2.75) is 126 Å². The molecule has 2 heterocycles. The van der Waals surface area contributed by atoms with E-state index in [2.05, 4.69) is 5.32 Å². The van der Waals surface area contributed by atoms with E-state index in [1.54, 1.807) is 6.08 Å². The van der Waals surface area contributed by atoms with Crippen molar-refractivity contribution in [3.8, 4) is 0 Å². The first kappa shape index (κ1) is 33.2. The van der Waals surface area contributed by atoms with Crippen molar-refractivity contribution in [2.75, 3.05) is 13.2 Å². The molecule has 12 atom stereocenters. The van der Waals surface area contributed by atoms with Crippen molar-refractivity contribution < 1.29 is 44.6 Å². The number of aliphatic hydroxyl groups excluding tert-OH is 4. The van der Waals surface area contributed by atoms with Crippen molar-refractivity contribution in [1.29, 1.82) is 0 Å². The van der Waals surface area contributed by atoms with Gasteiger partial charge >= 0.3 is 0 Å². The predicted molar refractivity (Wildman–Crippen MR) is 163 cm³/mol. The van der Waals surface area contributed by atoms with Crippen molar-refractivity contribution in [3.05, 3.63) is 23.5 Å². The lowest BCUT2D eigenvalue weighted by Crippen LogP contribution is -2.68. The van der Waals surface area contributed by atoms with Gasteiger partial charge in [-0.15, -0.1) is 0 Å². The molecule has 11 nitrogen and oxygen atoms in total. The second-order valence-corrected chi connectivity index (χ2v) is 14.7. The molecule has 0 radical (unpaired) electrons. The van der Waals surface area contributed by atoms with Gasteiger partial charge < -0.3 is 46.1 Å². The van der Waals surface area contributed by atoms with Crippen LogP contribution >= 0.6 is 0 Å². The van der Waals surface area contributed by atoms with Crippen LogP contribution in [0.5, 0.6) is 0 Å². The van der Waals surface area contributed by atoms with Crippen LogP contribution in [-0.4, -0.2) is 92.7 Å². The second-order valence-electron chi connectivity index (χ2n) is 14.7. The standard InChI is InChI=1S/C34H52N2O9/c35-26-16-19(10-12-36-26)9-11-34(43)31(41)25(17-37)45-33(32(34)42)44-24-8-4-7-21-28(24)30(40)27-22(29(21)39)14-20(15-23(27)38)13-18-5-2-1-3-6-18/h14-15,18-19,21-22,24-28,31-33,36-38,41-43H,1-13,16-17,35H2. The Balaban J connectivity index is 1.17. The summed E-state index contributed by atoms with van der Waals surface area (Å²) in [5.41, 5.74) is 4.95. The molecule has 3 saturated carbocycles. The van der Waals surface area contributed by atoms with Crippen LogP contribution in [0.1, 0.15) is 83.5 Å². The maximum Gasteiger partial charge on any atom is 0.187 e. The Morgan fingerprint density at radius 1 is 1.00 bits per heavy atom. The van der Waals surface area contributed by atoms with Crippen molar-refractivity contribution in [3.63, 3.8) is 0 Å². The summed E-state index contributed by atoms with van der Waals surface area (Å²) in [6.45, 7) is 0.130. The maximum absolute atomic E-state index is 14.1. The number of piperidine rings is 1. The molecule has 2 aliphatic heterocycles. The molecule has 2 saturated heterocycles. The molecule has 11 heteroatoms. The number of ether oxygens (including phenoxy) is 2. The van der Waals surface area contributed by atoms with Gasteiger partial charge in [-0.2, -0.15) is 0 Å². The topological polar surface area (TPSA) is 192 Å². The highest BCUT2D eigenvalue weighted by atomic mass is 16.7. The Morgan fingerprint density at radius 2 is 1.78 bits per heavy atom. The second kappa shape index (κ2) is 13.8. The first-order chi connectivity index (χ1) is 21.6. The molecular formula is C34H52N2O9. The largest absolute Gasteiger partial charge is 0.512 e. The number of ketones is 2. The van der Waals surface area contributed by atoms with Gasteiger partial charge in [-0.25, -0.2) is 0 Å². The number of carbonyl (C=O) groups is 2. The summed E-state index contributed by atoms with van der Waals surface area (Å²) in [6.07, 6.45) is 7.13. The predicted octanol–water partition coefficient (Wildman–Crippen LogP) is 1.76. The number of carbonyl (C=O) groups excluding carboxylic acids is 2. The molecule has 6 aliphatic rings. The van der Waals surface area contributed by atoms with Crippen molar-refractivity contribution in [1.82, 2.24) is 5.32 Å². The minimum absolute atomic E-state index is 0.0402. The Labute approximate surface area is 265 Å². The lowest BCUT2D eigenvalue weighted by atomic mass is 9.59. The van der Waals surface area contributed by atoms with E-state index >= 15 is 0 Å². The molecule has 0 aromatic carbocycles. The fourth-order valence-electron chi connectivity index (χ4n) is 9.23. The SMILES string of the molecule is NC1CC(CCC2(O)C(O)C(CO)OC(OC3CCCC4C(=O)C5C=C(CC6CCCCC6)C=C(O)C5C(=O)C34)C2O)CCN1. The van der Waals surface area contributed by atoms with Gasteiger partial charge in [0.05, 0.1) is 36.6 Å². The van der Waals surface area contributed by atoms with Gasteiger partial charge in [-0.1, -0.05) is 44.6 Å². The number of rotatable bonds is 8. The molecule has 0 amide bonds. The monoisotopic (exact) mass is 632 g/mol. The summed E-state index contributed by atoms with van der Waals surface area (Å²) in [5, 5.41) is 58.4. The van der Waals surface area contributed by atoms with Crippen molar-refractivity contribution >= 4 is 11.6 Å². The zero-order valence-electron chi connectivity index (χ0n) is 26.1. The summed E-state index contributed by atoms with van der Waals surface area (Å²) in [6, 6.07) is 0. The first-order valence-corrected chi connectivity index (χ1v) is 17.3. The Hall–Kier alpha value is -1.70. The lowest BCUT2D eigenvalue weighted by Gasteiger charge is -2.50. The molecule has 6 rings (SSSR count). The molecule has 4 aliphatic carbocycles. The van der Waals surface area contributed by atoms with E-state index in [1.807, 2.05) is 6.08 Å². The number of aliphatic hydroxyl groups is 5. The number of fused-ring (bicyclic) bond motifs is 2. The van der Waals surface area contributed by atoms with E-state index in [4.69, 9.17) is 15.2 Å². The minimum atomic E-state index is -2.03. The summed E-state index contributed by atoms with van der Waals surface area (Å²) < 4.78 is 12.1. The number of hydrogen-bond acceptors (Lipinski definition) is 11. The summed E-state index contributed by atoms with van der Waals surface area (Å²) >= 11 is 0. The average molecular weight is 633 g/mol. The molecular weight excluding hydrogens is 580 g/mol. The van der Waals surface area contributed by atoms with E-state index in [9.17, 15) is 35.1 Å². The van der Waals surface area contributed by atoms with Gasteiger partial charge in [-0.05, 0) is 75.0 Å². The van der Waals surface area contributed by atoms with Crippen LogP contribution in [0.15, 0.2) is 23.5 Å². The molecule has 0 aromatic rings. The quantitative estimate of drug-likeness (QED) is 0.206. The Bertz CT molecular complexity index is 1150. The lowest BCUT2D eigenvalue weighted by molar-refractivity contribution is -0.346. The third-order valence-corrected chi connectivity index (χ3v) is 11.8. The highest BCUT2D eigenvalue weighted by Gasteiger charge is 2.59. The van der Waals surface area contributed by atoms with Crippen LogP contribution in [-0.2, 0) is 19.1 Å². The van der Waals surface area contributed by atoms with Gasteiger partial charge in [0.1, 0.15) is 35.5 Å². The van der Waals surface area contributed by atoms with Gasteiger partial charge in [0.2, 0.25) is 0 Å². The fraction of sp³-hybridized carbons (Fsp3) is 0.824. The van der Waals surface area contributed by atoms with Crippen LogP contribution < -0.4 is 11.1 Å². The Morgan fingerprint density at radius 3 is 2.51 bits per heavy atom. The molecule has 0 bridgehead atoms. The summed E-state index contributed by atoms with van der Waals surface area (Å²) in [4.78, 5) is 28.0. The third kappa shape index (κ3) is 6.56. The highest BCUT2D eigenvalue weighted by Crippen LogP contribution is 2.48. The van der Waals surface area contributed by atoms with E-state index in [0.29, 0.717) is 38.0 Å². The van der Waals surface area contributed by atoms with Gasteiger partial charge in [0, 0.05) is 5.92 Å². The number of Topliss-reactive ketones (excluding diaryl/α,β-unsaturated/α-hetero) is 2. The number of allylic oxidation sites excluding steroid dienone is 4. The minimum Gasteiger partial charge on any atom is -0.512 e. The van der Waals surface area contributed by atoms with Gasteiger partial charge in [0.25, 0.3) is 0 Å². The maximum atomic E-state index is 14.1. The smallest absolute Gasteiger partial charge is 0.187 e. The molecule has 12 unspecified atom stereocenters.